The number of hydrogen-bond donors (Lipinski definition) is 3. The molecular weight excluding hydrogens is 313 g/mol. The number of rotatable bonds is 4. The molecule has 0 atom stereocenters. The van der Waals surface area contributed by atoms with E-state index >= 15 is 0 Å². The van der Waals surface area contributed by atoms with Crippen LogP contribution < -0.4 is 0 Å². The first-order valence-corrected chi connectivity index (χ1v) is 7.03. The number of aliphatic carboxylic acids is 1. The van der Waals surface area contributed by atoms with E-state index in [0.29, 0.717) is 22.0 Å². The number of aromatic nitrogens is 3. The van der Waals surface area contributed by atoms with Gasteiger partial charge in [0.15, 0.2) is 0 Å². The van der Waals surface area contributed by atoms with Gasteiger partial charge in [-0.1, -0.05) is 29.3 Å². The quantitative estimate of drug-likeness (QED) is 0.681. The molecule has 0 unspecified atom stereocenters. The number of carbonyl (C=O) groups is 1. The zero-order chi connectivity index (χ0) is 15.0. The summed E-state index contributed by atoms with van der Waals surface area (Å²) < 4.78 is 0. The predicted octanol–water partition coefficient (Wildman–Crippen LogP) is 3.88. The van der Waals surface area contributed by atoms with E-state index in [1.165, 1.54) is 0 Å². The van der Waals surface area contributed by atoms with E-state index < -0.39 is 5.97 Å². The highest BCUT2D eigenvalue weighted by Crippen LogP contribution is 2.38. The van der Waals surface area contributed by atoms with Crippen LogP contribution in [0.25, 0.3) is 22.0 Å². The molecular formula is C14H11Cl2N3O2. The monoisotopic (exact) mass is 323 g/mol. The lowest BCUT2D eigenvalue weighted by atomic mass is 10.0. The number of aromatic amines is 2. The second kappa shape index (κ2) is 5.42. The van der Waals surface area contributed by atoms with Crippen molar-refractivity contribution < 1.29 is 9.90 Å². The van der Waals surface area contributed by atoms with Gasteiger partial charge in [0.25, 0.3) is 0 Å². The molecule has 0 amide bonds. The van der Waals surface area contributed by atoms with Crippen LogP contribution in [0.2, 0.25) is 10.0 Å². The summed E-state index contributed by atoms with van der Waals surface area (Å²) in [6.07, 6.45) is 3.85. The Morgan fingerprint density at radius 1 is 1.33 bits per heavy atom. The molecule has 0 aliphatic rings. The van der Waals surface area contributed by atoms with Gasteiger partial charge < -0.3 is 10.1 Å². The fourth-order valence-electron chi connectivity index (χ4n) is 2.39. The summed E-state index contributed by atoms with van der Waals surface area (Å²) >= 11 is 12.3. The Morgan fingerprint density at radius 3 is 2.81 bits per heavy atom. The van der Waals surface area contributed by atoms with Gasteiger partial charge in [0.1, 0.15) is 0 Å². The van der Waals surface area contributed by atoms with Gasteiger partial charge in [-0.25, -0.2) is 0 Å². The number of carboxylic acid groups (broad SMARTS) is 1. The lowest BCUT2D eigenvalue weighted by molar-refractivity contribution is -0.136. The molecule has 0 saturated carbocycles. The van der Waals surface area contributed by atoms with Gasteiger partial charge in [0.2, 0.25) is 0 Å². The molecule has 5 nitrogen and oxygen atoms in total. The van der Waals surface area contributed by atoms with Gasteiger partial charge in [-0.3, -0.25) is 9.89 Å². The molecule has 0 aliphatic heterocycles. The number of fused-ring (bicyclic) bond motifs is 1. The molecule has 21 heavy (non-hydrogen) atoms. The number of benzene rings is 1. The molecule has 3 rings (SSSR count). The molecule has 3 N–H and O–H groups in total. The summed E-state index contributed by atoms with van der Waals surface area (Å²) in [4.78, 5) is 14.0. The Kier molecular flexibility index (Phi) is 3.61. The van der Waals surface area contributed by atoms with Crippen molar-refractivity contribution in [2.24, 2.45) is 0 Å². The third-order valence-corrected chi connectivity index (χ3v) is 4.12. The number of H-pyrrole nitrogens is 2. The van der Waals surface area contributed by atoms with E-state index in [4.69, 9.17) is 28.3 Å². The molecule has 108 valence electrons. The van der Waals surface area contributed by atoms with Gasteiger partial charge in [0.05, 0.1) is 28.2 Å². The minimum absolute atomic E-state index is 0.0308. The van der Waals surface area contributed by atoms with E-state index in [9.17, 15) is 4.79 Å². The summed E-state index contributed by atoms with van der Waals surface area (Å²) in [7, 11) is 0. The highest BCUT2D eigenvalue weighted by Gasteiger charge is 2.17. The first-order chi connectivity index (χ1) is 10.1. The summed E-state index contributed by atoms with van der Waals surface area (Å²) in [6.45, 7) is 0. The highest BCUT2D eigenvalue weighted by atomic mass is 35.5. The summed E-state index contributed by atoms with van der Waals surface area (Å²) in [5.41, 5.74) is 3.29. The SMILES string of the molecule is O=C(O)CCc1[nH]c2c(Cl)c(Cl)ccc2c1-c1cn[nH]c1. The number of carboxylic acids is 1. The number of nitrogens with zero attached hydrogens (tertiary/aromatic N) is 1. The molecule has 0 spiro atoms. The minimum Gasteiger partial charge on any atom is -0.481 e. The fourth-order valence-corrected chi connectivity index (χ4v) is 2.76. The molecule has 0 saturated heterocycles. The molecule has 1 aromatic carbocycles. The molecule has 3 aromatic rings. The van der Waals surface area contributed by atoms with Crippen LogP contribution in [-0.2, 0) is 11.2 Å². The van der Waals surface area contributed by atoms with Gasteiger partial charge in [-0.05, 0) is 12.5 Å². The Balaban J connectivity index is 2.22. The maximum atomic E-state index is 10.8. The normalized spacial score (nSPS) is 11.1. The van der Waals surface area contributed by atoms with Crippen LogP contribution in [0.1, 0.15) is 12.1 Å². The van der Waals surface area contributed by atoms with Crippen LogP contribution >= 0.6 is 23.2 Å². The third-order valence-electron chi connectivity index (χ3n) is 3.32. The smallest absolute Gasteiger partial charge is 0.303 e. The van der Waals surface area contributed by atoms with Crippen LogP contribution in [-0.4, -0.2) is 26.3 Å². The second-order valence-electron chi connectivity index (χ2n) is 4.64. The van der Waals surface area contributed by atoms with E-state index in [0.717, 1.165) is 22.2 Å². The van der Waals surface area contributed by atoms with Crippen molar-refractivity contribution in [1.29, 1.82) is 0 Å². The maximum absolute atomic E-state index is 10.8. The molecule has 0 radical (unpaired) electrons. The lowest BCUT2D eigenvalue weighted by Gasteiger charge is -2.01. The van der Waals surface area contributed by atoms with Crippen molar-refractivity contribution in [1.82, 2.24) is 15.2 Å². The van der Waals surface area contributed by atoms with Gasteiger partial charge >= 0.3 is 5.97 Å². The van der Waals surface area contributed by atoms with Crippen molar-refractivity contribution >= 4 is 40.1 Å². The van der Waals surface area contributed by atoms with Crippen LogP contribution in [0.5, 0.6) is 0 Å². The third kappa shape index (κ3) is 2.50. The predicted molar refractivity (Wildman–Crippen MR) is 81.9 cm³/mol. The average Bonchev–Trinajstić information content (AvgIpc) is 3.07. The van der Waals surface area contributed by atoms with Gasteiger partial charge in [0, 0.05) is 28.4 Å². The maximum Gasteiger partial charge on any atom is 0.303 e. The Labute approximate surface area is 129 Å². The van der Waals surface area contributed by atoms with Crippen LogP contribution in [0, 0.1) is 0 Å². The summed E-state index contributed by atoms with van der Waals surface area (Å²) in [5, 5.41) is 17.4. The zero-order valence-corrected chi connectivity index (χ0v) is 12.3. The minimum atomic E-state index is -0.851. The fraction of sp³-hybridized carbons (Fsp3) is 0.143. The molecule has 2 heterocycles. The number of nitrogens with one attached hydrogen (secondary N) is 2. The standard InChI is InChI=1S/C14H11Cl2N3O2/c15-9-2-1-8-12(7-5-17-18-6-7)10(3-4-11(20)21)19-14(8)13(9)16/h1-2,5-6,19H,3-4H2,(H,17,18)(H,20,21). The zero-order valence-electron chi connectivity index (χ0n) is 10.8. The van der Waals surface area contributed by atoms with Gasteiger partial charge in [-0.2, -0.15) is 5.10 Å². The largest absolute Gasteiger partial charge is 0.481 e. The number of aryl methyl sites for hydroxylation is 1. The average molecular weight is 324 g/mol. The van der Waals surface area contributed by atoms with Crippen LogP contribution in [0.3, 0.4) is 0 Å². The van der Waals surface area contributed by atoms with Crippen molar-refractivity contribution in [2.45, 2.75) is 12.8 Å². The molecule has 7 heteroatoms. The van der Waals surface area contributed by atoms with E-state index in [2.05, 4.69) is 15.2 Å². The highest BCUT2D eigenvalue weighted by molar-refractivity contribution is 6.45. The lowest BCUT2D eigenvalue weighted by Crippen LogP contribution is -1.98. The molecule has 0 aliphatic carbocycles. The van der Waals surface area contributed by atoms with E-state index in [1.54, 1.807) is 18.5 Å². The topological polar surface area (TPSA) is 81.8 Å². The first kappa shape index (κ1) is 14.0. The Bertz CT molecular complexity index is 809. The van der Waals surface area contributed by atoms with Crippen LogP contribution in [0.4, 0.5) is 0 Å². The van der Waals surface area contributed by atoms with E-state index in [1.807, 2.05) is 6.07 Å². The van der Waals surface area contributed by atoms with Gasteiger partial charge in [-0.15, -0.1) is 0 Å². The summed E-state index contributed by atoms with van der Waals surface area (Å²) in [6, 6.07) is 3.59. The Hall–Kier alpha value is -1.98. The van der Waals surface area contributed by atoms with Crippen LogP contribution in [0.15, 0.2) is 24.5 Å². The number of halogens is 2. The molecule has 0 bridgehead atoms. The summed E-state index contributed by atoms with van der Waals surface area (Å²) in [5.74, 6) is -0.851. The number of hydrogen-bond acceptors (Lipinski definition) is 2. The first-order valence-electron chi connectivity index (χ1n) is 6.27. The molecule has 2 aromatic heterocycles. The van der Waals surface area contributed by atoms with E-state index in [-0.39, 0.29) is 6.42 Å². The van der Waals surface area contributed by atoms with Crippen molar-refractivity contribution in [2.75, 3.05) is 0 Å². The second-order valence-corrected chi connectivity index (χ2v) is 5.43. The Morgan fingerprint density at radius 2 is 2.14 bits per heavy atom. The van der Waals surface area contributed by atoms with Crippen molar-refractivity contribution in [3.63, 3.8) is 0 Å². The molecule has 0 fully saturated rings. The van der Waals surface area contributed by atoms with Crippen molar-refractivity contribution in [3.05, 3.63) is 40.3 Å². The van der Waals surface area contributed by atoms with Crippen molar-refractivity contribution in [3.8, 4) is 11.1 Å².